The Balaban J connectivity index is 2.89. The molecule has 2 aromatic rings. The van der Waals surface area contributed by atoms with Crippen LogP contribution >= 0.6 is 0 Å². The van der Waals surface area contributed by atoms with Crippen molar-refractivity contribution in [1.29, 1.82) is 0 Å². The Hall–Kier alpha value is -1.55. The van der Waals surface area contributed by atoms with Crippen molar-refractivity contribution >= 4 is 11.0 Å². The van der Waals surface area contributed by atoms with E-state index in [-0.39, 0.29) is 5.69 Å². The molecular formula is C10H14N3O+. The largest absolute Gasteiger partial charge is 0.354 e. The SMILES string of the molecule is Cn1c(=O)n(C)c2cc(C[NH3+])ccc21. The van der Waals surface area contributed by atoms with Crippen LogP contribution in [0.1, 0.15) is 5.56 Å². The van der Waals surface area contributed by atoms with Crippen LogP contribution in [0, 0.1) is 0 Å². The van der Waals surface area contributed by atoms with Crippen molar-refractivity contribution < 1.29 is 5.73 Å². The van der Waals surface area contributed by atoms with Gasteiger partial charge in [-0.15, -0.1) is 0 Å². The van der Waals surface area contributed by atoms with Crippen molar-refractivity contribution in [2.24, 2.45) is 14.1 Å². The van der Waals surface area contributed by atoms with Crippen LogP contribution in [0.15, 0.2) is 23.0 Å². The summed E-state index contributed by atoms with van der Waals surface area (Å²) in [6.45, 7) is 0.749. The highest BCUT2D eigenvalue weighted by molar-refractivity contribution is 5.76. The lowest BCUT2D eigenvalue weighted by Crippen LogP contribution is -2.47. The maximum Gasteiger partial charge on any atom is 0.328 e. The van der Waals surface area contributed by atoms with E-state index in [1.165, 1.54) is 0 Å². The highest BCUT2D eigenvalue weighted by Gasteiger charge is 2.07. The van der Waals surface area contributed by atoms with Crippen LogP contribution in [0.3, 0.4) is 0 Å². The van der Waals surface area contributed by atoms with Crippen LogP contribution in [0.2, 0.25) is 0 Å². The molecule has 0 atom stereocenters. The zero-order valence-electron chi connectivity index (χ0n) is 8.45. The molecule has 0 saturated carbocycles. The van der Waals surface area contributed by atoms with E-state index in [0.29, 0.717) is 0 Å². The molecule has 1 aromatic heterocycles. The minimum Gasteiger partial charge on any atom is -0.354 e. The lowest BCUT2D eigenvalue weighted by atomic mass is 10.2. The molecule has 4 heteroatoms. The predicted molar refractivity (Wildman–Crippen MR) is 54.8 cm³/mol. The fourth-order valence-corrected chi connectivity index (χ4v) is 1.71. The van der Waals surface area contributed by atoms with Gasteiger partial charge in [0.05, 0.1) is 17.6 Å². The fraction of sp³-hybridized carbons (Fsp3) is 0.300. The van der Waals surface area contributed by atoms with Crippen molar-refractivity contribution in [2.75, 3.05) is 0 Å². The number of hydrogen-bond acceptors (Lipinski definition) is 1. The molecule has 0 unspecified atom stereocenters. The summed E-state index contributed by atoms with van der Waals surface area (Å²) in [5, 5.41) is 0. The highest BCUT2D eigenvalue weighted by Crippen LogP contribution is 2.12. The average Bonchev–Trinajstić information content (AvgIpc) is 2.44. The molecule has 4 nitrogen and oxygen atoms in total. The van der Waals surface area contributed by atoms with Gasteiger partial charge in [0.25, 0.3) is 0 Å². The van der Waals surface area contributed by atoms with E-state index in [1.54, 1.807) is 23.2 Å². The summed E-state index contributed by atoms with van der Waals surface area (Å²) in [7, 11) is 3.58. The molecule has 0 amide bonds. The molecule has 0 radical (unpaired) electrons. The Morgan fingerprint density at radius 2 is 1.86 bits per heavy atom. The van der Waals surface area contributed by atoms with E-state index >= 15 is 0 Å². The van der Waals surface area contributed by atoms with Gasteiger partial charge in [0.15, 0.2) is 0 Å². The van der Waals surface area contributed by atoms with Crippen molar-refractivity contribution in [1.82, 2.24) is 9.13 Å². The lowest BCUT2D eigenvalue weighted by molar-refractivity contribution is -0.386. The second-order valence-electron chi connectivity index (χ2n) is 3.47. The van der Waals surface area contributed by atoms with Gasteiger partial charge in [0.1, 0.15) is 0 Å². The molecule has 3 N–H and O–H groups in total. The molecule has 0 aliphatic rings. The number of aryl methyl sites for hydroxylation is 2. The number of fused-ring (bicyclic) bond motifs is 1. The van der Waals surface area contributed by atoms with Crippen molar-refractivity contribution in [2.45, 2.75) is 6.54 Å². The minimum atomic E-state index is 0.0150. The molecule has 0 bridgehead atoms. The van der Waals surface area contributed by atoms with E-state index in [9.17, 15) is 4.79 Å². The molecule has 0 aliphatic carbocycles. The summed E-state index contributed by atoms with van der Waals surface area (Å²) >= 11 is 0. The van der Waals surface area contributed by atoms with E-state index in [4.69, 9.17) is 0 Å². The van der Waals surface area contributed by atoms with E-state index in [1.807, 2.05) is 18.2 Å². The number of quaternary nitrogens is 1. The molecule has 0 fully saturated rings. The Bertz CT molecular complexity index is 536. The van der Waals surface area contributed by atoms with Crippen molar-refractivity contribution in [3.63, 3.8) is 0 Å². The minimum absolute atomic E-state index is 0.0150. The molecule has 74 valence electrons. The maximum atomic E-state index is 11.6. The molecule has 1 heterocycles. The Morgan fingerprint density at radius 3 is 2.50 bits per heavy atom. The number of hydrogen-bond donors (Lipinski definition) is 1. The van der Waals surface area contributed by atoms with Crippen LogP contribution in [-0.4, -0.2) is 9.13 Å². The van der Waals surface area contributed by atoms with Crippen molar-refractivity contribution in [3.8, 4) is 0 Å². The molecule has 2 rings (SSSR count). The first kappa shape index (κ1) is 9.02. The van der Waals surface area contributed by atoms with Gasteiger partial charge in [-0.05, 0) is 12.1 Å². The van der Waals surface area contributed by atoms with E-state index < -0.39 is 0 Å². The summed E-state index contributed by atoms with van der Waals surface area (Å²) in [4.78, 5) is 11.6. The quantitative estimate of drug-likeness (QED) is 0.658. The van der Waals surface area contributed by atoms with Gasteiger partial charge >= 0.3 is 5.69 Å². The van der Waals surface area contributed by atoms with Crippen molar-refractivity contribution in [3.05, 3.63) is 34.2 Å². The molecule has 1 aromatic carbocycles. The lowest BCUT2D eigenvalue weighted by Gasteiger charge is -1.97. The molecule has 0 saturated heterocycles. The summed E-state index contributed by atoms with van der Waals surface area (Å²) in [5.74, 6) is 0. The zero-order chi connectivity index (χ0) is 10.3. The second kappa shape index (κ2) is 2.99. The normalized spacial score (nSPS) is 11.1. The average molecular weight is 192 g/mol. The second-order valence-corrected chi connectivity index (χ2v) is 3.47. The van der Waals surface area contributed by atoms with Crippen LogP contribution in [0.4, 0.5) is 0 Å². The Labute approximate surface area is 81.6 Å². The third kappa shape index (κ3) is 1.08. The standard InChI is InChI=1S/C10H13N3O/c1-12-8-4-3-7(6-11)5-9(8)13(2)10(12)14/h3-5H,6,11H2,1-2H3/p+1. The predicted octanol–water partition coefficient (Wildman–Crippen LogP) is -0.381. The van der Waals surface area contributed by atoms with E-state index in [0.717, 1.165) is 23.1 Å². The van der Waals surface area contributed by atoms with Gasteiger partial charge in [0.2, 0.25) is 0 Å². The summed E-state index contributed by atoms with van der Waals surface area (Å²) < 4.78 is 3.32. The van der Waals surface area contributed by atoms with Crippen LogP contribution in [0.25, 0.3) is 11.0 Å². The van der Waals surface area contributed by atoms with E-state index in [2.05, 4.69) is 5.73 Å². The van der Waals surface area contributed by atoms with Gasteiger partial charge < -0.3 is 5.73 Å². The number of imidazole rings is 1. The van der Waals surface area contributed by atoms with Gasteiger partial charge in [-0.3, -0.25) is 9.13 Å². The number of aromatic nitrogens is 2. The summed E-state index contributed by atoms with van der Waals surface area (Å²) in [5.41, 5.74) is 6.93. The van der Waals surface area contributed by atoms with Gasteiger partial charge in [0, 0.05) is 19.7 Å². The van der Waals surface area contributed by atoms with Crippen LogP contribution in [-0.2, 0) is 20.6 Å². The smallest absolute Gasteiger partial charge is 0.328 e. The third-order valence-corrected chi connectivity index (χ3v) is 2.63. The summed E-state index contributed by atoms with van der Waals surface area (Å²) in [6.07, 6.45) is 0. The molecule has 14 heavy (non-hydrogen) atoms. The number of benzene rings is 1. The maximum absolute atomic E-state index is 11.6. The van der Waals surface area contributed by atoms with Gasteiger partial charge in [-0.25, -0.2) is 4.79 Å². The van der Waals surface area contributed by atoms with Crippen LogP contribution < -0.4 is 11.4 Å². The first-order chi connectivity index (χ1) is 6.65. The topological polar surface area (TPSA) is 54.6 Å². The van der Waals surface area contributed by atoms with Gasteiger partial charge in [-0.1, -0.05) is 6.07 Å². The monoisotopic (exact) mass is 192 g/mol. The highest BCUT2D eigenvalue weighted by atomic mass is 16.1. The Morgan fingerprint density at radius 1 is 1.21 bits per heavy atom. The first-order valence-corrected chi connectivity index (χ1v) is 4.58. The third-order valence-electron chi connectivity index (χ3n) is 2.63. The molecule has 0 spiro atoms. The number of nitrogens with zero attached hydrogens (tertiary/aromatic N) is 2. The number of rotatable bonds is 1. The fourth-order valence-electron chi connectivity index (χ4n) is 1.71. The summed E-state index contributed by atoms with van der Waals surface area (Å²) in [6, 6.07) is 6.00. The van der Waals surface area contributed by atoms with Crippen LogP contribution in [0.5, 0.6) is 0 Å². The molecule has 0 aliphatic heterocycles. The van der Waals surface area contributed by atoms with Gasteiger partial charge in [-0.2, -0.15) is 0 Å². The zero-order valence-corrected chi connectivity index (χ0v) is 8.45. The Kier molecular flexibility index (Phi) is 1.93. The first-order valence-electron chi connectivity index (χ1n) is 4.58. The molecular weight excluding hydrogens is 178 g/mol.